The van der Waals surface area contributed by atoms with Crippen molar-refractivity contribution < 1.29 is 4.79 Å². The molecule has 1 amide bonds. The fraction of sp³-hybridized carbons (Fsp3) is 0.700. The number of pyridine rings is 1. The molecule has 2 aliphatic heterocycles. The number of amides is 1. The summed E-state index contributed by atoms with van der Waals surface area (Å²) in [4.78, 5) is 21.5. The van der Waals surface area contributed by atoms with E-state index < -0.39 is 0 Å². The maximum Gasteiger partial charge on any atom is 0.222 e. The first-order valence-electron chi connectivity index (χ1n) is 9.53. The monoisotopic (exact) mass is 361 g/mol. The van der Waals surface area contributed by atoms with Crippen LogP contribution in [0.3, 0.4) is 0 Å². The van der Waals surface area contributed by atoms with E-state index in [1.807, 2.05) is 36.2 Å². The Morgan fingerprint density at radius 1 is 1.28 bits per heavy atom. The zero-order valence-corrected chi connectivity index (χ0v) is 16.4. The minimum absolute atomic E-state index is 0.299. The van der Waals surface area contributed by atoms with Gasteiger partial charge in [0, 0.05) is 24.4 Å². The van der Waals surface area contributed by atoms with Gasteiger partial charge in [-0.3, -0.25) is 9.78 Å². The number of piperidine rings is 2. The van der Waals surface area contributed by atoms with Crippen molar-refractivity contribution in [2.24, 2.45) is 5.41 Å². The third-order valence-corrected chi connectivity index (χ3v) is 7.04. The molecule has 1 spiro atoms. The Morgan fingerprint density at radius 3 is 2.76 bits per heavy atom. The summed E-state index contributed by atoms with van der Waals surface area (Å²) in [6, 6.07) is 5.95. The van der Waals surface area contributed by atoms with E-state index in [2.05, 4.69) is 28.0 Å². The van der Waals surface area contributed by atoms with E-state index in [4.69, 9.17) is 0 Å². The van der Waals surface area contributed by atoms with Crippen molar-refractivity contribution in [2.45, 2.75) is 50.8 Å². The molecule has 2 saturated heterocycles. The SMILES string of the molecule is CSC(C)CCN1CCC2(CCC(=O)N(Cc3ccccn3)C2)CC1. The Bertz CT molecular complexity index is 557. The minimum Gasteiger partial charge on any atom is -0.336 e. The molecule has 25 heavy (non-hydrogen) atoms. The Labute approximate surface area is 156 Å². The summed E-state index contributed by atoms with van der Waals surface area (Å²) >= 11 is 1.96. The van der Waals surface area contributed by atoms with Crippen molar-refractivity contribution in [1.82, 2.24) is 14.8 Å². The molecule has 0 aliphatic carbocycles. The Balaban J connectivity index is 1.53. The van der Waals surface area contributed by atoms with Crippen LogP contribution in [0.25, 0.3) is 0 Å². The van der Waals surface area contributed by atoms with E-state index in [-0.39, 0.29) is 0 Å². The number of hydrogen-bond acceptors (Lipinski definition) is 4. The van der Waals surface area contributed by atoms with Crippen LogP contribution in [0.1, 0.15) is 44.7 Å². The highest BCUT2D eigenvalue weighted by molar-refractivity contribution is 7.99. The molecule has 0 aromatic carbocycles. The number of rotatable bonds is 6. The summed E-state index contributed by atoms with van der Waals surface area (Å²) in [6.45, 7) is 7.49. The quantitative estimate of drug-likeness (QED) is 0.778. The van der Waals surface area contributed by atoms with Crippen LogP contribution in [0.4, 0.5) is 0 Å². The van der Waals surface area contributed by atoms with Crippen LogP contribution in [0.2, 0.25) is 0 Å². The molecule has 3 heterocycles. The predicted molar refractivity (Wildman–Crippen MR) is 105 cm³/mol. The van der Waals surface area contributed by atoms with E-state index >= 15 is 0 Å². The Morgan fingerprint density at radius 2 is 2.08 bits per heavy atom. The summed E-state index contributed by atoms with van der Waals surface area (Å²) in [5.41, 5.74) is 1.33. The average Bonchev–Trinajstić information content (AvgIpc) is 2.65. The van der Waals surface area contributed by atoms with Gasteiger partial charge >= 0.3 is 0 Å². The lowest BCUT2D eigenvalue weighted by Crippen LogP contribution is -2.51. The molecule has 0 bridgehead atoms. The van der Waals surface area contributed by atoms with Crippen molar-refractivity contribution >= 4 is 17.7 Å². The van der Waals surface area contributed by atoms with Gasteiger partial charge in [-0.1, -0.05) is 13.0 Å². The second kappa shape index (κ2) is 8.54. The van der Waals surface area contributed by atoms with E-state index in [1.54, 1.807) is 0 Å². The molecule has 1 atom stereocenters. The molecule has 0 radical (unpaired) electrons. The number of carbonyl (C=O) groups is 1. The van der Waals surface area contributed by atoms with Gasteiger partial charge in [0.2, 0.25) is 5.91 Å². The molecular weight excluding hydrogens is 330 g/mol. The predicted octanol–water partition coefficient (Wildman–Crippen LogP) is 3.43. The van der Waals surface area contributed by atoms with Crippen molar-refractivity contribution in [3.05, 3.63) is 30.1 Å². The second-order valence-corrected chi connectivity index (χ2v) is 9.02. The van der Waals surface area contributed by atoms with Crippen molar-refractivity contribution in [3.63, 3.8) is 0 Å². The zero-order valence-electron chi connectivity index (χ0n) is 15.6. The van der Waals surface area contributed by atoms with Crippen LogP contribution >= 0.6 is 11.8 Å². The molecule has 138 valence electrons. The van der Waals surface area contributed by atoms with Gasteiger partial charge in [0.05, 0.1) is 12.2 Å². The highest BCUT2D eigenvalue weighted by Crippen LogP contribution is 2.40. The maximum atomic E-state index is 12.4. The average molecular weight is 362 g/mol. The number of aromatic nitrogens is 1. The molecule has 4 nitrogen and oxygen atoms in total. The first-order valence-corrected chi connectivity index (χ1v) is 10.8. The molecule has 1 unspecified atom stereocenters. The molecule has 0 saturated carbocycles. The topological polar surface area (TPSA) is 36.4 Å². The van der Waals surface area contributed by atoms with Gasteiger partial charge in [0.15, 0.2) is 0 Å². The lowest BCUT2D eigenvalue weighted by atomic mass is 9.72. The molecule has 2 aliphatic rings. The first-order chi connectivity index (χ1) is 12.1. The van der Waals surface area contributed by atoms with Crippen molar-refractivity contribution in [1.29, 1.82) is 0 Å². The van der Waals surface area contributed by atoms with Crippen LogP contribution in [0.5, 0.6) is 0 Å². The van der Waals surface area contributed by atoms with Crippen LogP contribution in [0, 0.1) is 5.41 Å². The number of likely N-dealkylation sites (tertiary alicyclic amines) is 2. The van der Waals surface area contributed by atoms with Gasteiger partial charge < -0.3 is 9.80 Å². The molecule has 2 fully saturated rings. The van der Waals surface area contributed by atoms with E-state index in [0.29, 0.717) is 24.3 Å². The van der Waals surface area contributed by atoms with Crippen molar-refractivity contribution in [2.75, 3.05) is 32.4 Å². The minimum atomic E-state index is 0.299. The highest BCUT2D eigenvalue weighted by Gasteiger charge is 2.40. The fourth-order valence-electron chi connectivity index (χ4n) is 4.07. The summed E-state index contributed by atoms with van der Waals surface area (Å²) < 4.78 is 0. The van der Waals surface area contributed by atoms with Crippen LogP contribution in [0.15, 0.2) is 24.4 Å². The van der Waals surface area contributed by atoms with Gasteiger partial charge in [-0.2, -0.15) is 11.8 Å². The normalized spacial score (nSPS) is 22.3. The summed E-state index contributed by atoms with van der Waals surface area (Å²) in [6.07, 6.45) is 9.52. The number of thioether (sulfide) groups is 1. The molecule has 1 aromatic rings. The fourth-order valence-corrected chi connectivity index (χ4v) is 4.42. The van der Waals surface area contributed by atoms with Crippen LogP contribution < -0.4 is 0 Å². The van der Waals surface area contributed by atoms with Gasteiger partial charge in [-0.05, 0) is 69.1 Å². The number of hydrogen-bond donors (Lipinski definition) is 0. The van der Waals surface area contributed by atoms with Gasteiger partial charge in [0.1, 0.15) is 0 Å². The highest BCUT2D eigenvalue weighted by atomic mass is 32.2. The van der Waals surface area contributed by atoms with E-state index in [1.165, 1.54) is 38.9 Å². The van der Waals surface area contributed by atoms with Crippen LogP contribution in [-0.2, 0) is 11.3 Å². The van der Waals surface area contributed by atoms with Gasteiger partial charge in [-0.25, -0.2) is 0 Å². The van der Waals surface area contributed by atoms with E-state index in [0.717, 1.165) is 23.9 Å². The second-order valence-electron chi connectivity index (χ2n) is 7.75. The molecular formula is C20H31N3OS. The summed E-state index contributed by atoms with van der Waals surface area (Å²) in [5, 5.41) is 0.747. The zero-order chi connectivity index (χ0) is 17.7. The smallest absolute Gasteiger partial charge is 0.222 e. The summed E-state index contributed by atoms with van der Waals surface area (Å²) in [5.74, 6) is 0.299. The van der Waals surface area contributed by atoms with Gasteiger partial charge in [0.25, 0.3) is 0 Å². The third-order valence-electron chi connectivity index (χ3n) is 6.00. The Hall–Kier alpha value is -1.07. The molecule has 3 rings (SSSR count). The lowest BCUT2D eigenvalue weighted by Gasteiger charge is -2.47. The van der Waals surface area contributed by atoms with Crippen LogP contribution in [-0.4, -0.2) is 58.4 Å². The largest absolute Gasteiger partial charge is 0.336 e. The lowest BCUT2D eigenvalue weighted by molar-refractivity contribution is -0.140. The number of carbonyl (C=O) groups excluding carboxylic acids is 1. The third kappa shape index (κ3) is 4.98. The standard InChI is InChI=1S/C20H31N3OS/c1-17(25-2)7-12-22-13-9-20(10-14-22)8-6-19(24)23(16-20)15-18-5-3-4-11-21-18/h3-5,11,17H,6-10,12-16H2,1-2H3. The first kappa shape index (κ1) is 18.7. The van der Waals surface area contributed by atoms with Gasteiger partial charge in [-0.15, -0.1) is 0 Å². The molecule has 0 N–H and O–H groups in total. The summed E-state index contributed by atoms with van der Waals surface area (Å²) in [7, 11) is 0. The number of nitrogens with zero attached hydrogens (tertiary/aromatic N) is 3. The van der Waals surface area contributed by atoms with Crippen molar-refractivity contribution in [3.8, 4) is 0 Å². The van der Waals surface area contributed by atoms with E-state index in [9.17, 15) is 4.79 Å². The Kier molecular flexibility index (Phi) is 6.39. The molecule has 5 heteroatoms. The maximum absolute atomic E-state index is 12.4. The molecule has 1 aromatic heterocycles.